The van der Waals surface area contributed by atoms with Gasteiger partial charge in [0.15, 0.2) is 15.6 Å². The van der Waals surface area contributed by atoms with Crippen LogP contribution in [-0.4, -0.2) is 76.4 Å². The Labute approximate surface area is 255 Å². The van der Waals surface area contributed by atoms with Crippen molar-refractivity contribution < 1.29 is 27.4 Å². The molecule has 12 heteroatoms. The minimum absolute atomic E-state index is 0.0276. The standard InChI is InChI=1S/C31H43N5O6S/c1-6-35(20-23-9-7-8-10-23)29-11-12-30(41-4)34-28(29)22-36(21-24-15-25(39-2)17-26(16-24)40-3)31-32-18-27(19-33-31)42-13-14-43(5,37)38/h11-12,15-19,23H,6-10,13-14,20-22H2,1-5H3. The van der Waals surface area contributed by atoms with Crippen LogP contribution in [0.15, 0.2) is 42.7 Å². The zero-order valence-corrected chi connectivity index (χ0v) is 26.6. The van der Waals surface area contributed by atoms with Crippen molar-refractivity contribution in [1.29, 1.82) is 0 Å². The van der Waals surface area contributed by atoms with E-state index in [2.05, 4.69) is 27.9 Å². The Bertz CT molecular complexity index is 1410. The molecule has 0 unspecified atom stereocenters. The van der Waals surface area contributed by atoms with Crippen LogP contribution in [-0.2, 0) is 22.9 Å². The van der Waals surface area contributed by atoms with Gasteiger partial charge in [-0.25, -0.2) is 23.4 Å². The molecular formula is C31H43N5O6S. The average molecular weight is 614 g/mol. The van der Waals surface area contributed by atoms with Crippen molar-refractivity contribution in [3.63, 3.8) is 0 Å². The third-order valence-corrected chi connectivity index (χ3v) is 8.46. The van der Waals surface area contributed by atoms with Crippen molar-refractivity contribution in [2.75, 3.05) is 62.8 Å². The molecule has 4 rings (SSSR count). The Hall–Kier alpha value is -3.80. The van der Waals surface area contributed by atoms with Gasteiger partial charge in [0.05, 0.1) is 57.4 Å². The Balaban J connectivity index is 1.67. The molecule has 1 saturated carbocycles. The van der Waals surface area contributed by atoms with E-state index < -0.39 is 9.84 Å². The van der Waals surface area contributed by atoms with Crippen molar-refractivity contribution in [3.05, 3.63) is 54.0 Å². The maximum absolute atomic E-state index is 11.5. The fraction of sp³-hybridized carbons (Fsp3) is 0.516. The predicted molar refractivity (Wildman–Crippen MR) is 167 cm³/mol. The van der Waals surface area contributed by atoms with Gasteiger partial charge in [-0.2, -0.15) is 0 Å². The number of pyridine rings is 1. The number of hydrogen-bond acceptors (Lipinski definition) is 11. The zero-order valence-electron chi connectivity index (χ0n) is 25.8. The van der Waals surface area contributed by atoms with Gasteiger partial charge in [0.25, 0.3) is 0 Å². The van der Waals surface area contributed by atoms with Crippen molar-refractivity contribution in [2.45, 2.75) is 45.7 Å². The average Bonchev–Trinajstić information content (AvgIpc) is 3.52. The van der Waals surface area contributed by atoms with E-state index in [4.69, 9.17) is 23.9 Å². The van der Waals surface area contributed by atoms with Gasteiger partial charge < -0.3 is 28.7 Å². The lowest BCUT2D eigenvalue weighted by molar-refractivity contribution is 0.338. The summed E-state index contributed by atoms with van der Waals surface area (Å²) >= 11 is 0. The number of ether oxygens (including phenoxy) is 4. The Morgan fingerprint density at radius 1 is 0.884 bits per heavy atom. The van der Waals surface area contributed by atoms with Gasteiger partial charge >= 0.3 is 0 Å². The largest absolute Gasteiger partial charge is 0.497 e. The first-order valence-electron chi connectivity index (χ1n) is 14.6. The van der Waals surface area contributed by atoms with Crippen molar-refractivity contribution in [3.8, 4) is 23.1 Å². The number of hydrogen-bond donors (Lipinski definition) is 0. The van der Waals surface area contributed by atoms with Crippen LogP contribution in [0.3, 0.4) is 0 Å². The summed E-state index contributed by atoms with van der Waals surface area (Å²) in [6.45, 7) is 4.90. The number of aromatic nitrogens is 3. The van der Waals surface area contributed by atoms with Crippen LogP contribution in [0.4, 0.5) is 11.6 Å². The topological polar surface area (TPSA) is 116 Å². The summed E-state index contributed by atoms with van der Waals surface area (Å²) in [6, 6.07) is 9.74. The Morgan fingerprint density at radius 3 is 2.14 bits per heavy atom. The Morgan fingerprint density at radius 2 is 1.56 bits per heavy atom. The highest BCUT2D eigenvalue weighted by Gasteiger charge is 2.23. The summed E-state index contributed by atoms with van der Waals surface area (Å²) in [4.78, 5) is 18.5. The highest BCUT2D eigenvalue weighted by Crippen LogP contribution is 2.31. The van der Waals surface area contributed by atoms with Crippen LogP contribution in [0.1, 0.15) is 43.9 Å². The lowest BCUT2D eigenvalue weighted by atomic mass is 10.1. The van der Waals surface area contributed by atoms with Crippen LogP contribution in [0.2, 0.25) is 0 Å². The second-order valence-electron chi connectivity index (χ2n) is 10.8. The number of rotatable bonds is 16. The van der Waals surface area contributed by atoms with Gasteiger partial charge in [0.2, 0.25) is 11.8 Å². The van der Waals surface area contributed by atoms with E-state index in [1.54, 1.807) is 33.7 Å². The quantitative estimate of drug-likeness (QED) is 0.227. The van der Waals surface area contributed by atoms with Crippen LogP contribution >= 0.6 is 0 Å². The van der Waals surface area contributed by atoms with Gasteiger partial charge in [-0.15, -0.1) is 0 Å². The molecule has 0 atom stereocenters. The van der Waals surface area contributed by atoms with E-state index in [0.29, 0.717) is 48.1 Å². The molecule has 0 saturated heterocycles. The molecule has 0 N–H and O–H groups in total. The molecular weight excluding hydrogens is 570 g/mol. The smallest absolute Gasteiger partial charge is 0.226 e. The van der Waals surface area contributed by atoms with Gasteiger partial charge in [-0.1, -0.05) is 12.8 Å². The number of anilines is 2. The number of sulfone groups is 1. The fourth-order valence-electron chi connectivity index (χ4n) is 5.31. The van der Waals surface area contributed by atoms with Crippen LogP contribution in [0, 0.1) is 5.92 Å². The van der Waals surface area contributed by atoms with Gasteiger partial charge in [0.1, 0.15) is 18.1 Å². The first-order chi connectivity index (χ1) is 20.7. The van der Waals surface area contributed by atoms with Crippen LogP contribution < -0.4 is 28.7 Å². The van der Waals surface area contributed by atoms with Gasteiger partial charge in [0, 0.05) is 38.0 Å². The van der Waals surface area contributed by atoms with E-state index >= 15 is 0 Å². The lowest BCUT2D eigenvalue weighted by Crippen LogP contribution is -2.31. The molecule has 1 aromatic carbocycles. The van der Waals surface area contributed by atoms with Crippen molar-refractivity contribution >= 4 is 21.5 Å². The molecule has 0 bridgehead atoms. The Kier molecular flexibility index (Phi) is 11.3. The monoisotopic (exact) mass is 613 g/mol. The molecule has 2 aromatic heterocycles. The molecule has 1 aliphatic rings. The summed E-state index contributed by atoms with van der Waals surface area (Å²) in [7, 11) is 1.73. The minimum atomic E-state index is -3.14. The third-order valence-electron chi connectivity index (χ3n) is 7.55. The fourth-order valence-corrected chi connectivity index (χ4v) is 5.69. The molecule has 1 aliphatic carbocycles. The molecule has 0 amide bonds. The number of nitrogens with zero attached hydrogens (tertiary/aromatic N) is 5. The molecule has 234 valence electrons. The van der Waals surface area contributed by atoms with Crippen molar-refractivity contribution in [2.24, 2.45) is 5.92 Å². The second-order valence-corrected chi connectivity index (χ2v) is 13.0. The normalized spacial score (nSPS) is 13.5. The van der Waals surface area contributed by atoms with E-state index in [0.717, 1.165) is 30.0 Å². The summed E-state index contributed by atoms with van der Waals surface area (Å²) in [5.74, 6) is 3.34. The summed E-state index contributed by atoms with van der Waals surface area (Å²) in [5.41, 5.74) is 2.85. The molecule has 2 heterocycles. The molecule has 1 fully saturated rings. The zero-order chi connectivity index (χ0) is 30.8. The number of methoxy groups -OCH3 is 3. The van der Waals surface area contributed by atoms with Crippen LogP contribution in [0.25, 0.3) is 0 Å². The van der Waals surface area contributed by atoms with E-state index in [1.807, 2.05) is 29.2 Å². The number of benzene rings is 1. The van der Waals surface area contributed by atoms with Gasteiger partial charge in [-0.3, -0.25) is 0 Å². The molecule has 0 spiro atoms. The van der Waals surface area contributed by atoms with Crippen molar-refractivity contribution in [1.82, 2.24) is 15.0 Å². The maximum Gasteiger partial charge on any atom is 0.226 e. The maximum atomic E-state index is 11.5. The lowest BCUT2D eigenvalue weighted by Gasteiger charge is -2.30. The molecule has 43 heavy (non-hydrogen) atoms. The van der Waals surface area contributed by atoms with E-state index in [9.17, 15) is 8.42 Å². The first kappa shape index (κ1) is 32.1. The summed E-state index contributed by atoms with van der Waals surface area (Å²) < 4.78 is 45.1. The summed E-state index contributed by atoms with van der Waals surface area (Å²) in [6.07, 6.45) is 9.38. The summed E-state index contributed by atoms with van der Waals surface area (Å²) in [5, 5.41) is 0. The second kappa shape index (κ2) is 15.1. The van der Waals surface area contributed by atoms with Gasteiger partial charge in [-0.05, 0) is 49.4 Å². The predicted octanol–water partition coefficient (Wildman–Crippen LogP) is 4.54. The molecule has 0 aliphatic heterocycles. The van der Waals surface area contributed by atoms with Crippen LogP contribution in [0.5, 0.6) is 23.1 Å². The minimum Gasteiger partial charge on any atom is -0.497 e. The van der Waals surface area contributed by atoms with E-state index in [-0.39, 0.29) is 12.4 Å². The molecule has 11 nitrogen and oxygen atoms in total. The third kappa shape index (κ3) is 9.34. The SMILES string of the molecule is CCN(CC1CCCC1)c1ccc(OC)nc1CN(Cc1cc(OC)cc(OC)c1)c1ncc(OCCS(C)(=O)=O)cn1. The first-order valence-corrected chi connectivity index (χ1v) is 16.7. The highest BCUT2D eigenvalue weighted by molar-refractivity contribution is 7.90. The van der Waals surface area contributed by atoms with E-state index in [1.165, 1.54) is 31.9 Å². The highest BCUT2D eigenvalue weighted by atomic mass is 32.2. The molecule has 0 radical (unpaired) electrons. The molecule has 3 aromatic rings.